The number of amides is 1. The number of ether oxygens (including phenoxy) is 1. The third-order valence-electron chi connectivity index (χ3n) is 5.09. The van der Waals surface area contributed by atoms with Gasteiger partial charge < -0.3 is 15.0 Å². The lowest BCUT2D eigenvalue weighted by Gasteiger charge is -2.32. The summed E-state index contributed by atoms with van der Waals surface area (Å²) in [4.78, 5) is 17.1. The van der Waals surface area contributed by atoms with Gasteiger partial charge in [-0.25, -0.2) is 13.1 Å². The minimum Gasteiger partial charge on any atom is -0.495 e. The molecule has 8 nitrogen and oxygen atoms in total. The molecule has 9 heteroatoms. The van der Waals surface area contributed by atoms with Crippen LogP contribution in [0.25, 0.3) is 0 Å². The fraction of sp³-hybridized carbons (Fsp3) is 0.588. The molecule has 0 aliphatic carbocycles. The first-order valence-electron chi connectivity index (χ1n) is 8.82. The van der Waals surface area contributed by atoms with Gasteiger partial charge in [0, 0.05) is 50.9 Å². The van der Waals surface area contributed by atoms with Crippen LogP contribution in [0.5, 0.6) is 5.75 Å². The molecule has 144 valence electrons. The van der Waals surface area contributed by atoms with Crippen LogP contribution in [0.15, 0.2) is 23.1 Å². The SMILES string of the molecule is CNS(=O)(=O)c1cc(C(=O)N2CCC(N3CCNCC3)C2)ccc1OC. The van der Waals surface area contributed by atoms with Gasteiger partial charge >= 0.3 is 0 Å². The van der Waals surface area contributed by atoms with Gasteiger partial charge in [-0.3, -0.25) is 9.69 Å². The normalized spacial score (nSPS) is 21.8. The van der Waals surface area contributed by atoms with Gasteiger partial charge in [-0.2, -0.15) is 0 Å². The Labute approximate surface area is 154 Å². The number of hydrogen-bond acceptors (Lipinski definition) is 6. The molecule has 0 radical (unpaired) electrons. The van der Waals surface area contributed by atoms with Crippen LogP contribution >= 0.6 is 0 Å². The van der Waals surface area contributed by atoms with E-state index in [-0.39, 0.29) is 16.6 Å². The molecule has 2 fully saturated rings. The van der Waals surface area contributed by atoms with E-state index >= 15 is 0 Å². The van der Waals surface area contributed by atoms with E-state index in [0.717, 1.165) is 32.6 Å². The van der Waals surface area contributed by atoms with Crippen molar-refractivity contribution in [2.45, 2.75) is 17.4 Å². The predicted octanol–water partition coefficient (Wildman–Crippen LogP) is -0.277. The lowest BCUT2D eigenvalue weighted by Crippen LogP contribution is -2.49. The average molecular weight is 382 g/mol. The van der Waals surface area contributed by atoms with E-state index in [2.05, 4.69) is 14.9 Å². The summed E-state index contributed by atoms with van der Waals surface area (Å²) in [6, 6.07) is 4.92. The van der Waals surface area contributed by atoms with E-state index in [9.17, 15) is 13.2 Å². The maximum Gasteiger partial charge on any atom is 0.253 e. The Hall–Kier alpha value is -1.68. The second-order valence-electron chi connectivity index (χ2n) is 6.55. The molecule has 2 heterocycles. The summed E-state index contributed by atoms with van der Waals surface area (Å²) in [7, 11) is -0.967. The molecular weight excluding hydrogens is 356 g/mol. The first-order valence-corrected chi connectivity index (χ1v) is 10.3. The van der Waals surface area contributed by atoms with Gasteiger partial charge in [-0.1, -0.05) is 0 Å². The Morgan fingerprint density at radius 1 is 1.27 bits per heavy atom. The summed E-state index contributed by atoms with van der Waals surface area (Å²) in [5, 5.41) is 3.34. The molecular formula is C17H26N4O4S. The van der Waals surface area contributed by atoms with Crippen LogP contribution in [0.4, 0.5) is 0 Å². The summed E-state index contributed by atoms with van der Waals surface area (Å²) in [5.41, 5.74) is 0.362. The number of piperazine rings is 1. The molecule has 0 bridgehead atoms. The minimum absolute atomic E-state index is 0.0220. The van der Waals surface area contributed by atoms with Crippen LogP contribution in [0.1, 0.15) is 16.8 Å². The lowest BCUT2D eigenvalue weighted by molar-refractivity contribution is 0.0773. The van der Waals surface area contributed by atoms with Crippen LogP contribution < -0.4 is 14.8 Å². The zero-order chi connectivity index (χ0) is 18.7. The Bertz CT molecular complexity index is 762. The van der Waals surface area contributed by atoms with Crippen molar-refractivity contribution in [1.29, 1.82) is 0 Å². The van der Waals surface area contributed by atoms with Gasteiger partial charge in [0.2, 0.25) is 10.0 Å². The molecule has 2 aliphatic rings. The second-order valence-corrected chi connectivity index (χ2v) is 8.41. The number of hydrogen-bond donors (Lipinski definition) is 2. The number of sulfonamides is 1. The molecule has 1 aromatic rings. The van der Waals surface area contributed by atoms with Crippen molar-refractivity contribution >= 4 is 15.9 Å². The standard InChI is InChI=1S/C17H26N4O4S/c1-18-26(23,24)16-11-13(3-4-15(16)25-2)17(22)21-8-5-14(12-21)20-9-6-19-7-10-20/h3-4,11,14,18-19H,5-10,12H2,1-2H3. The molecule has 0 saturated carbocycles. The molecule has 0 spiro atoms. The quantitative estimate of drug-likeness (QED) is 0.728. The largest absolute Gasteiger partial charge is 0.495 e. The van der Waals surface area contributed by atoms with Crippen LogP contribution in [0.2, 0.25) is 0 Å². The van der Waals surface area contributed by atoms with Crippen molar-refractivity contribution in [3.63, 3.8) is 0 Å². The highest BCUT2D eigenvalue weighted by atomic mass is 32.2. The number of rotatable bonds is 5. The number of likely N-dealkylation sites (tertiary alicyclic amines) is 1. The van der Waals surface area contributed by atoms with Crippen molar-refractivity contribution < 1.29 is 17.9 Å². The fourth-order valence-electron chi connectivity index (χ4n) is 3.58. The zero-order valence-electron chi connectivity index (χ0n) is 15.2. The molecule has 0 aromatic heterocycles. The fourth-order valence-corrected chi connectivity index (χ4v) is 4.50. The Kier molecular flexibility index (Phi) is 5.81. The summed E-state index contributed by atoms with van der Waals surface area (Å²) >= 11 is 0. The number of nitrogens with zero attached hydrogens (tertiary/aromatic N) is 2. The topological polar surface area (TPSA) is 91.0 Å². The van der Waals surface area contributed by atoms with Crippen LogP contribution in [0, 0.1) is 0 Å². The molecule has 1 amide bonds. The minimum atomic E-state index is -3.71. The van der Waals surface area contributed by atoms with Gasteiger partial charge in [-0.05, 0) is 31.7 Å². The average Bonchev–Trinajstić information content (AvgIpc) is 3.17. The molecule has 2 N–H and O–H groups in total. The van der Waals surface area contributed by atoms with Crippen molar-refractivity contribution in [2.24, 2.45) is 0 Å². The molecule has 2 aliphatic heterocycles. The Balaban J connectivity index is 1.77. The summed E-state index contributed by atoms with van der Waals surface area (Å²) in [5.74, 6) is 0.0776. The number of carbonyl (C=O) groups excluding carboxylic acids is 1. The first kappa shape index (κ1) is 19.1. The number of methoxy groups -OCH3 is 1. The van der Waals surface area contributed by atoms with E-state index in [1.54, 1.807) is 6.07 Å². The number of benzene rings is 1. The van der Waals surface area contributed by atoms with Crippen LogP contribution in [-0.2, 0) is 10.0 Å². The third kappa shape index (κ3) is 3.85. The first-order chi connectivity index (χ1) is 12.5. The number of nitrogens with one attached hydrogen (secondary N) is 2. The molecule has 1 atom stereocenters. The second kappa shape index (κ2) is 7.91. The highest BCUT2D eigenvalue weighted by Crippen LogP contribution is 2.26. The summed E-state index contributed by atoms with van der Waals surface area (Å²) < 4.78 is 31.8. The monoisotopic (exact) mass is 382 g/mol. The molecule has 1 aromatic carbocycles. The van der Waals surface area contributed by atoms with Crippen molar-refractivity contribution in [1.82, 2.24) is 19.8 Å². The van der Waals surface area contributed by atoms with Gasteiger partial charge in [0.1, 0.15) is 10.6 Å². The third-order valence-corrected chi connectivity index (χ3v) is 6.52. The van der Waals surface area contributed by atoms with Gasteiger partial charge in [0.05, 0.1) is 7.11 Å². The highest BCUT2D eigenvalue weighted by Gasteiger charge is 2.32. The van der Waals surface area contributed by atoms with E-state index in [0.29, 0.717) is 24.7 Å². The van der Waals surface area contributed by atoms with Crippen molar-refractivity contribution in [2.75, 3.05) is 53.4 Å². The summed E-state index contributed by atoms with van der Waals surface area (Å²) in [6.07, 6.45) is 0.948. The van der Waals surface area contributed by atoms with Crippen LogP contribution in [0.3, 0.4) is 0 Å². The van der Waals surface area contributed by atoms with E-state index in [4.69, 9.17) is 4.74 Å². The zero-order valence-corrected chi connectivity index (χ0v) is 16.0. The van der Waals surface area contributed by atoms with Gasteiger partial charge in [0.25, 0.3) is 5.91 Å². The molecule has 26 heavy (non-hydrogen) atoms. The molecule has 3 rings (SSSR count). The van der Waals surface area contributed by atoms with E-state index < -0.39 is 10.0 Å². The van der Waals surface area contributed by atoms with Crippen LogP contribution in [-0.4, -0.2) is 83.6 Å². The predicted molar refractivity (Wildman–Crippen MR) is 98.0 cm³/mol. The van der Waals surface area contributed by atoms with Gasteiger partial charge in [-0.15, -0.1) is 0 Å². The van der Waals surface area contributed by atoms with Crippen molar-refractivity contribution in [3.8, 4) is 5.75 Å². The highest BCUT2D eigenvalue weighted by molar-refractivity contribution is 7.89. The smallest absolute Gasteiger partial charge is 0.253 e. The van der Waals surface area contributed by atoms with E-state index in [1.807, 2.05) is 4.90 Å². The Morgan fingerprint density at radius 2 is 2.00 bits per heavy atom. The Morgan fingerprint density at radius 3 is 2.65 bits per heavy atom. The maximum absolute atomic E-state index is 12.9. The molecule has 2 saturated heterocycles. The van der Waals surface area contributed by atoms with Crippen molar-refractivity contribution in [3.05, 3.63) is 23.8 Å². The maximum atomic E-state index is 12.9. The van der Waals surface area contributed by atoms with E-state index in [1.165, 1.54) is 26.3 Å². The number of carbonyl (C=O) groups is 1. The molecule has 1 unspecified atom stereocenters. The lowest BCUT2D eigenvalue weighted by atomic mass is 10.2. The summed E-state index contributed by atoms with van der Waals surface area (Å²) in [6.45, 7) is 5.33. The van der Waals surface area contributed by atoms with Gasteiger partial charge in [0.15, 0.2) is 0 Å².